The van der Waals surface area contributed by atoms with Crippen molar-refractivity contribution >= 4 is 33.7 Å². The lowest BCUT2D eigenvalue weighted by Crippen LogP contribution is -2.17. The predicted molar refractivity (Wildman–Crippen MR) is 84.9 cm³/mol. The molecule has 1 unspecified atom stereocenters. The average Bonchev–Trinajstić information content (AvgIpc) is 2.84. The van der Waals surface area contributed by atoms with E-state index in [0.29, 0.717) is 17.8 Å². The Morgan fingerprint density at radius 3 is 2.68 bits per heavy atom. The Labute approximate surface area is 122 Å². The van der Waals surface area contributed by atoms with Crippen molar-refractivity contribution in [3.05, 3.63) is 11.1 Å². The summed E-state index contributed by atoms with van der Waals surface area (Å²) in [4.78, 5) is 4.51. The van der Waals surface area contributed by atoms with Crippen LogP contribution < -0.4 is 11.1 Å². The Bertz CT molecular complexity index is 545. The molecule has 0 spiro atoms. The Hall–Kier alpha value is -1.14. The van der Waals surface area contributed by atoms with Crippen molar-refractivity contribution in [3.8, 4) is 10.6 Å². The van der Waals surface area contributed by atoms with Gasteiger partial charge in [0, 0.05) is 17.1 Å². The lowest BCUT2D eigenvalue weighted by molar-refractivity contribution is 0.540. The van der Waals surface area contributed by atoms with Crippen LogP contribution in [-0.2, 0) is 0 Å². The van der Waals surface area contributed by atoms with Gasteiger partial charge in [-0.2, -0.15) is 4.37 Å². The van der Waals surface area contributed by atoms with Crippen LogP contribution in [0, 0.1) is 12.8 Å². The Kier molecular flexibility index (Phi) is 4.42. The van der Waals surface area contributed by atoms with E-state index < -0.39 is 0 Å². The molecule has 6 heteroatoms. The van der Waals surface area contributed by atoms with Gasteiger partial charge in [0.15, 0.2) is 0 Å². The number of hydrogen-bond acceptors (Lipinski definition) is 6. The number of nitrogens with one attached hydrogen (secondary N) is 1. The van der Waals surface area contributed by atoms with E-state index >= 15 is 0 Å². The Balaban J connectivity index is 2.23. The summed E-state index contributed by atoms with van der Waals surface area (Å²) in [6.07, 6.45) is 1.12. The number of anilines is 2. The van der Waals surface area contributed by atoms with Crippen LogP contribution in [0.4, 0.5) is 10.8 Å². The van der Waals surface area contributed by atoms with E-state index in [1.807, 2.05) is 12.3 Å². The van der Waals surface area contributed by atoms with E-state index in [0.717, 1.165) is 27.7 Å². The highest BCUT2D eigenvalue weighted by Crippen LogP contribution is 2.38. The van der Waals surface area contributed by atoms with Crippen LogP contribution in [0.2, 0.25) is 0 Å². The molecule has 19 heavy (non-hydrogen) atoms. The first-order valence-corrected chi connectivity index (χ1v) is 8.06. The van der Waals surface area contributed by atoms with Gasteiger partial charge in [-0.15, -0.1) is 11.3 Å². The zero-order valence-electron chi connectivity index (χ0n) is 11.7. The molecule has 0 fully saturated rings. The topological polar surface area (TPSA) is 63.8 Å². The fraction of sp³-hybridized carbons (Fsp3) is 0.538. The molecule has 2 rings (SSSR count). The molecular weight excluding hydrogens is 276 g/mol. The van der Waals surface area contributed by atoms with Gasteiger partial charge in [0.25, 0.3) is 0 Å². The Morgan fingerprint density at radius 2 is 2.11 bits per heavy atom. The minimum atomic E-state index is 0.402. The van der Waals surface area contributed by atoms with Crippen molar-refractivity contribution < 1.29 is 0 Å². The molecule has 0 aliphatic rings. The molecule has 2 aromatic rings. The smallest absolute Gasteiger partial charge is 0.149 e. The van der Waals surface area contributed by atoms with Gasteiger partial charge in [0.1, 0.15) is 15.8 Å². The fourth-order valence-corrected chi connectivity index (χ4v) is 3.81. The van der Waals surface area contributed by atoms with Crippen molar-refractivity contribution in [2.75, 3.05) is 11.1 Å². The van der Waals surface area contributed by atoms with Gasteiger partial charge in [-0.25, -0.2) is 4.98 Å². The molecule has 0 amide bonds. The molecule has 0 radical (unpaired) electrons. The van der Waals surface area contributed by atoms with Crippen molar-refractivity contribution in [2.24, 2.45) is 5.92 Å². The first kappa shape index (κ1) is 14.3. The molecule has 0 bridgehead atoms. The zero-order valence-corrected chi connectivity index (χ0v) is 13.4. The van der Waals surface area contributed by atoms with Crippen molar-refractivity contribution in [1.82, 2.24) is 9.36 Å². The Morgan fingerprint density at radius 1 is 1.37 bits per heavy atom. The van der Waals surface area contributed by atoms with E-state index in [1.54, 1.807) is 11.3 Å². The summed E-state index contributed by atoms with van der Waals surface area (Å²) in [7, 11) is 0. The van der Waals surface area contributed by atoms with Crippen LogP contribution in [0.3, 0.4) is 0 Å². The molecule has 3 N–H and O–H groups in total. The molecule has 104 valence electrons. The minimum Gasteiger partial charge on any atom is -0.382 e. The maximum Gasteiger partial charge on any atom is 0.149 e. The summed E-state index contributed by atoms with van der Waals surface area (Å²) in [6.45, 7) is 8.63. The van der Waals surface area contributed by atoms with Crippen LogP contribution in [0.5, 0.6) is 0 Å². The number of rotatable bonds is 5. The summed E-state index contributed by atoms with van der Waals surface area (Å²) in [5.74, 6) is 1.23. The molecule has 0 saturated carbocycles. The normalized spacial score (nSPS) is 12.9. The van der Waals surface area contributed by atoms with E-state index in [1.165, 1.54) is 11.5 Å². The summed E-state index contributed by atoms with van der Waals surface area (Å²) >= 11 is 3.03. The van der Waals surface area contributed by atoms with Gasteiger partial charge in [-0.1, -0.05) is 13.8 Å². The minimum absolute atomic E-state index is 0.402. The summed E-state index contributed by atoms with van der Waals surface area (Å²) in [5.41, 5.74) is 7.96. The molecule has 0 aliphatic heterocycles. The van der Waals surface area contributed by atoms with Crippen LogP contribution >= 0.6 is 22.9 Å². The zero-order chi connectivity index (χ0) is 14.0. The highest BCUT2D eigenvalue weighted by Gasteiger charge is 2.18. The number of hydrogen-bond donors (Lipinski definition) is 2. The first-order valence-electron chi connectivity index (χ1n) is 6.41. The number of thiazole rings is 1. The van der Waals surface area contributed by atoms with E-state index in [-0.39, 0.29) is 0 Å². The molecule has 4 nitrogen and oxygen atoms in total. The lowest BCUT2D eigenvalue weighted by atomic mass is 10.1. The third-order valence-corrected chi connectivity index (χ3v) is 4.52. The van der Waals surface area contributed by atoms with Crippen LogP contribution in [-0.4, -0.2) is 15.4 Å². The second-order valence-electron chi connectivity index (χ2n) is 5.24. The van der Waals surface area contributed by atoms with Gasteiger partial charge in [-0.3, -0.25) is 0 Å². The molecule has 0 aliphatic carbocycles. The van der Waals surface area contributed by atoms with Crippen LogP contribution in [0.25, 0.3) is 10.6 Å². The lowest BCUT2D eigenvalue weighted by Gasteiger charge is -2.16. The van der Waals surface area contributed by atoms with E-state index in [9.17, 15) is 0 Å². The number of nitrogens with two attached hydrogens (primary N) is 1. The quantitative estimate of drug-likeness (QED) is 0.875. The van der Waals surface area contributed by atoms with Crippen molar-refractivity contribution in [3.63, 3.8) is 0 Å². The van der Waals surface area contributed by atoms with E-state index in [4.69, 9.17) is 5.73 Å². The van der Waals surface area contributed by atoms with Gasteiger partial charge >= 0.3 is 0 Å². The molecule has 0 saturated heterocycles. The third-order valence-electron chi connectivity index (χ3n) is 2.75. The third kappa shape index (κ3) is 3.45. The van der Waals surface area contributed by atoms with Crippen LogP contribution in [0.15, 0.2) is 5.38 Å². The first-order chi connectivity index (χ1) is 8.97. The summed E-state index contributed by atoms with van der Waals surface area (Å²) in [5, 5.41) is 7.52. The fourth-order valence-electron chi connectivity index (χ4n) is 2.07. The molecule has 2 heterocycles. The molecule has 1 atom stereocenters. The van der Waals surface area contributed by atoms with E-state index in [2.05, 4.69) is 35.4 Å². The van der Waals surface area contributed by atoms with Gasteiger partial charge in [0.05, 0.1) is 5.56 Å². The standard InChI is InChI=1S/C13H20N4S2/c1-7(2)5-8(3)15-13-10(11(14)17-19-13)12-16-9(4)6-18-12/h6-8,15H,5H2,1-4H3,(H2,14,17). The summed E-state index contributed by atoms with van der Waals surface area (Å²) in [6, 6.07) is 0.402. The highest BCUT2D eigenvalue weighted by atomic mass is 32.1. The largest absolute Gasteiger partial charge is 0.382 e. The summed E-state index contributed by atoms with van der Waals surface area (Å²) < 4.78 is 4.26. The average molecular weight is 296 g/mol. The van der Waals surface area contributed by atoms with Gasteiger partial charge in [0.2, 0.25) is 0 Å². The van der Waals surface area contributed by atoms with Crippen LogP contribution in [0.1, 0.15) is 32.9 Å². The maximum absolute atomic E-state index is 5.99. The van der Waals surface area contributed by atoms with Gasteiger partial charge < -0.3 is 11.1 Å². The van der Waals surface area contributed by atoms with Gasteiger partial charge in [-0.05, 0) is 37.7 Å². The second kappa shape index (κ2) is 5.88. The van der Waals surface area contributed by atoms with Crippen molar-refractivity contribution in [2.45, 2.75) is 40.2 Å². The predicted octanol–water partition coefficient (Wildman–Crippen LogP) is 4.00. The molecule has 0 aromatic carbocycles. The van der Waals surface area contributed by atoms with Crippen molar-refractivity contribution in [1.29, 1.82) is 0 Å². The SMILES string of the molecule is Cc1csc(-c2c(N)nsc2NC(C)CC(C)C)n1. The highest BCUT2D eigenvalue weighted by molar-refractivity contribution is 7.15. The number of nitrogen functional groups attached to an aromatic ring is 1. The number of aryl methyl sites for hydroxylation is 1. The second-order valence-corrected chi connectivity index (χ2v) is 6.87. The maximum atomic E-state index is 5.99. The number of aromatic nitrogens is 2. The molecular formula is C13H20N4S2. The molecule has 2 aromatic heterocycles. The monoisotopic (exact) mass is 296 g/mol. The number of nitrogens with zero attached hydrogens (tertiary/aromatic N) is 2.